The van der Waals surface area contributed by atoms with Crippen LogP contribution in [-0.2, 0) is 9.59 Å². The fourth-order valence-electron chi connectivity index (χ4n) is 2.95. The summed E-state index contributed by atoms with van der Waals surface area (Å²) in [5, 5.41) is 9.13. The Morgan fingerprint density at radius 2 is 1.56 bits per heavy atom. The van der Waals surface area contributed by atoms with Crippen LogP contribution >= 0.6 is 12.4 Å². The highest BCUT2D eigenvalue weighted by molar-refractivity contribution is 5.93. The maximum atomic E-state index is 12.0. The number of nitrogens with one attached hydrogen (secondary N) is 3. The molecule has 1 aliphatic heterocycles. The highest BCUT2D eigenvalue weighted by atomic mass is 35.5. The summed E-state index contributed by atoms with van der Waals surface area (Å²) in [4.78, 5) is 23.8. The fraction of sp³-hybridized carbons (Fsp3) is 0.579. The summed E-state index contributed by atoms with van der Waals surface area (Å²) in [6, 6.07) is 7.29. The van der Waals surface area contributed by atoms with E-state index in [0.29, 0.717) is 24.7 Å². The summed E-state index contributed by atoms with van der Waals surface area (Å²) in [7, 11) is 0. The van der Waals surface area contributed by atoms with Gasteiger partial charge in [-0.1, -0.05) is 13.8 Å². The van der Waals surface area contributed by atoms with E-state index in [2.05, 4.69) is 16.0 Å². The molecule has 0 atom stereocenters. The van der Waals surface area contributed by atoms with Gasteiger partial charge >= 0.3 is 0 Å². The monoisotopic (exact) mass is 367 g/mol. The molecule has 1 aromatic rings. The number of rotatable bonds is 7. The number of hydrogen-bond acceptors (Lipinski definition) is 3. The second kappa shape index (κ2) is 11.1. The van der Waals surface area contributed by atoms with Crippen molar-refractivity contribution < 1.29 is 9.59 Å². The largest absolute Gasteiger partial charge is 0.326 e. The van der Waals surface area contributed by atoms with Gasteiger partial charge < -0.3 is 16.0 Å². The van der Waals surface area contributed by atoms with Crippen molar-refractivity contribution in [1.29, 1.82) is 0 Å². The van der Waals surface area contributed by atoms with Crippen LogP contribution in [0.4, 0.5) is 11.4 Å². The topological polar surface area (TPSA) is 70.2 Å². The predicted molar refractivity (Wildman–Crippen MR) is 105 cm³/mol. The van der Waals surface area contributed by atoms with Gasteiger partial charge in [0.15, 0.2) is 0 Å². The van der Waals surface area contributed by atoms with Crippen LogP contribution in [0.3, 0.4) is 0 Å². The third-order valence-corrected chi connectivity index (χ3v) is 4.28. The van der Waals surface area contributed by atoms with Gasteiger partial charge in [-0.25, -0.2) is 0 Å². The van der Waals surface area contributed by atoms with E-state index in [1.54, 1.807) is 0 Å². The van der Waals surface area contributed by atoms with Crippen molar-refractivity contribution in [2.24, 2.45) is 11.8 Å². The molecule has 1 aromatic carbocycles. The molecule has 0 bridgehead atoms. The number of carbonyl (C=O) groups is 2. The summed E-state index contributed by atoms with van der Waals surface area (Å²) in [5.74, 6) is 1.08. The molecule has 1 fully saturated rings. The Kier molecular flexibility index (Phi) is 9.53. The van der Waals surface area contributed by atoms with E-state index in [1.807, 2.05) is 38.1 Å². The minimum absolute atomic E-state index is 0. The second-order valence-electron chi connectivity index (χ2n) is 7.00. The number of benzene rings is 1. The number of piperidine rings is 1. The Labute approximate surface area is 156 Å². The number of carbonyl (C=O) groups excluding carboxylic acids is 2. The first-order valence-electron chi connectivity index (χ1n) is 8.93. The Morgan fingerprint density at radius 1 is 1.04 bits per heavy atom. The van der Waals surface area contributed by atoms with Gasteiger partial charge in [0.2, 0.25) is 11.8 Å². The molecule has 0 saturated carbocycles. The lowest BCUT2D eigenvalue weighted by Crippen LogP contribution is -2.28. The van der Waals surface area contributed by atoms with Crippen LogP contribution in [0, 0.1) is 11.8 Å². The van der Waals surface area contributed by atoms with E-state index >= 15 is 0 Å². The van der Waals surface area contributed by atoms with Gasteiger partial charge in [-0.3, -0.25) is 9.59 Å². The fourth-order valence-corrected chi connectivity index (χ4v) is 2.95. The summed E-state index contributed by atoms with van der Waals surface area (Å²) >= 11 is 0. The van der Waals surface area contributed by atoms with Gasteiger partial charge in [0, 0.05) is 24.2 Å². The molecule has 0 spiro atoms. The predicted octanol–water partition coefficient (Wildman–Crippen LogP) is 3.81. The van der Waals surface area contributed by atoms with Crippen molar-refractivity contribution in [1.82, 2.24) is 5.32 Å². The lowest BCUT2D eigenvalue weighted by molar-refractivity contribution is -0.117. The highest BCUT2D eigenvalue weighted by Gasteiger charge is 2.14. The molecule has 0 unspecified atom stereocenters. The van der Waals surface area contributed by atoms with Crippen LogP contribution in [0.1, 0.15) is 46.0 Å². The first-order chi connectivity index (χ1) is 11.5. The number of hydrogen-bond donors (Lipinski definition) is 3. The van der Waals surface area contributed by atoms with Crippen LogP contribution in [0.2, 0.25) is 0 Å². The zero-order valence-corrected chi connectivity index (χ0v) is 16.0. The molecule has 1 saturated heterocycles. The van der Waals surface area contributed by atoms with Crippen LogP contribution in [-0.4, -0.2) is 24.9 Å². The van der Waals surface area contributed by atoms with E-state index < -0.39 is 0 Å². The first kappa shape index (κ1) is 21.5. The van der Waals surface area contributed by atoms with Crippen LogP contribution in [0.5, 0.6) is 0 Å². The van der Waals surface area contributed by atoms with Gasteiger partial charge in [0.1, 0.15) is 0 Å². The van der Waals surface area contributed by atoms with E-state index in [1.165, 1.54) is 0 Å². The Balaban J connectivity index is 0.00000312. The van der Waals surface area contributed by atoms with Gasteiger partial charge in [-0.15, -0.1) is 12.4 Å². The third-order valence-electron chi connectivity index (χ3n) is 4.28. The SMILES string of the molecule is CC(C)CC(=O)Nc1ccc(NC(=O)CCC2CCNCC2)cc1.Cl. The van der Waals surface area contributed by atoms with Gasteiger partial charge in [0.25, 0.3) is 0 Å². The quantitative estimate of drug-likeness (QED) is 0.686. The van der Waals surface area contributed by atoms with Gasteiger partial charge in [-0.2, -0.15) is 0 Å². The Hall–Kier alpha value is -1.59. The minimum Gasteiger partial charge on any atom is -0.326 e. The number of halogens is 1. The van der Waals surface area contributed by atoms with E-state index in [0.717, 1.165) is 43.7 Å². The van der Waals surface area contributed by atoms with E-state index in [-0.39, 0.29) is 24.2 Å². The van der Waals surface area contributed by atoms with E-state index in [4.69, 9.17) is 0 Å². The van der Waals surface area contributed by atoms with Gasteiger partial charge in [-0.05, 0) is 68.5 Å². The molecule has 6 heteroatoms. The molecule has 0 aliphatic carbocycles. The maximum absolute atomic E-state index is 12.0. The molecule has 0 aromatic heterocycles. The van der Waals surface area contributed by atoms with Crippen molar-refractivity contribution in [2.75, 3.05) is 23.7 Å². The lowest BCUT2D eigenvalue weighted by atomic mass is 9.93. The molecule has 1 heterocycles. The Morgan fingerprint density at radius 3 is 2.08 bits per heavy atom. The number of anilines is 2. The molecule has 1 aliphatic rings. The summed E-state index contributed by atoms with van der Waals surface area (Å²) < 4.78 is 0. The molecule has 2 amide bonds. The van der Waals surface area contributed by atoms with Crippen LogP contribution in [0.15, 0.2) is 24.3 Å². The van der Waals surface area contributed by atoms with Gasteiger partial charge in [0.05, 0.1) is 0 Å². The van der Waals surface area contributed by atoms with E-state index in [9.17, 15) is 9.59 Å². The molecule has 5 nitrogen and oxygen atoms in total. The smallest absolute Gasteiger partial charge is 0.224 e. The molecule has 140 valence electrons. The van der Waals surface area contributed by atoms with Crippen LogP contribution < -0.4 is 16.0 Å². The number of amides is 2. The highest BCUT2D eigenvalue weighted by Crippen LogP contribution is 2.19. The van der Waals surface area contributed by atoms with Crippen molar-refractivity contribution in [2.45, 2.75) is 46.0 Å². The Bertz CT molecular complexity index is 540. The second-order valence-corrected chi connectivity index (χ2v) is 7.00. The van der Waals surface area contributed by atoms with Crippen molar-refractivity contribution in [3.05, 3.63) is 24.3 Å². The summed E-state index contributed by atoms with van der Waals surface area (Å²) in [6.07, 6.45) is 4.36. The molecule has 3 N–H and O–H groups in total. The maximum Gasteiger partial charge on any atom is 0.224 e. The van der Waals surface area contributed by atoms with Crippen molar-refractivity contribution >= 4 is 35.6 Å². The molecule has 25 heavy (non-hydrogen) atoms. The zero-order valence-electron chi connectivity index (χ0n) is 15.1. The minimum atomic E-state index is 0. The van der Waals surface area contributed by atoms with Crippen molar-refractivity contribution in [3.63, 3.8) is 0 Å². The molecular weight excluding hydrogens is 338 g/mol. The standard InChI is InChI=1S/C19H29N3O2.ClH/c1-14(2)13-19(24)22-17-6-4-16(5-7-17)21-18(23)8-3-15-9-11-20-12-10-15;/h4-7,14-15,20H,3,8-13H2,1-2H3,(H,21,23)(H,22,24);1H. The summed E-state index contributed by atoms with van der Waals surface area (Å²) in [6.45, 7) is 6.16. The normalized spacial score (nSPS) is 14.7. The lowest BCUT2D eigenvalue weighted by Gasteiger charge is -2.22. The molecular formula is C19H30ClN3O2. The van der Waals surface area contributed by atoms with Crippen molar-refractivity contribution in [3.8, 4) is 0 Å². The van der Waals surface area contributed by atoms with Crippen LogP contribution in [0.25, 0.3) is 0 Å². The average Bonchev–Trinajstić information content (AvgIpc) is 2.55. The average molecular weight is 368 g/mol. The zero-order chi connectivity index (χ0) is 17.4. The summed E-state index contributed by atoms with van der Waals surface area (Å²) in [5.41, 5.74) is 1.53. The third kappa shape index (κ3) is 8.36. The molecule has 0 radical (unpaired) electrons. The first-order valence-corrected chi connectivity index (χ1v) is 8.93. The molecule has 2 rings (SSSR count).